The number of halogens is 1. The van der Waals surface area contributed by atoms with E-state index in [4.69, 9.17) is 0 Å². The Morgan fingerprint density at radius 3 is 2.60 bits per heavy atom. The number of para-hydroxylation sites is 1. The van der Waals surface area contributed by atoms with Crippen molar-refractivity contribution >= 4 is 11.6 Å². The molecule has 1 aliphatic rings. The summed E-state index contributed by atoms with van der Waals surface area (Å²) in [5, 5.41) is 9.70. The third-order valence-electron chi connectivity index (χ3n) is 4.62. The van der Waals surface area contributed by atoms with Gasteiger partial charge in [0.25, 0.3) is 5.91 Å². The number of phenols is 1. The number of benzene rings is 3. The third kappa shape index (κ3) is 2.47. The summed E-state index contributed by atoms with van der Waals surface area (Å²) in [6.45, 7) is 1.88. The zero-order valence-corrected chi connectivity index (χ0v) is 13.6. The quantitative estimate of drug-likeness (QED) is 0.687. The lowest BCUT2D eigenvalue weighted by atomic mass is 9.88. The minimum Gasteiger partial charge on any atom is -0.508 e. The largest absolute Gasteiger partial charge is 0.508 e. The maximum absolute atomic E-state index is 13.8. The summed E-state index contributed by atoms with van der Waals surface area (Å²) in [5.41, 5.74) is 3.77. The van der Waals surface area contributed by atoms with E-state index < -0.39 is 0 Å². The number of phenolic OH excluding ortho intramolecular Hbond substituents is 1. The van der Waals surface area contributed by atoms with E-state index in [9.17, 15) is 14.3 Å². The van der Waals surface area contributed by atoms with Gasteiger partial charge in [0.15, 0.2) is 0 Å². The van der Waals surface area contributed by atoms with Crippen LogP contribution in [0.5, 0.6) is 5.75 Å². The minimum atomic E-state index is -0.324. The molecule has 3 aromatic carbocycles. The third-order valence-corrected chi connectivity index (χ3v) is 4.62. The fraction of sp³-hybridized carbons (Fsp3) is 0.0952. The van der Waals surface area contributed by atoms with E-state index in [0.29, 0.717) is 5.56 Å². The van der Waals surface area contributed by atoms with Crippen LogP contribution in [0.2, 0.25) is 0 Å². The Morgan fingerprint density at radius 2 is 1.80 bits per heavy atom. The normalized spacial score (nSPS) is 15.4. The average molecular weight is 333 g/mol. The van der Waals surface area contributed by atoms with Gasteiger partial charge in [-0.2, -0.15) is 0 Å². The molecule has 1 amide bonds. The molecule has 0 bridgehead atoms. The topological polar surface area (TPSA) is 40.5 Å². The van der Waals surface area contributed by atoms with Crippen LogP contribution in [0.25, 0.3) is 11.1 Å². The second kappa shape index (κ2) is 5.74. The maximum Gasteiger partial charge on any atom is 0.258 e. The van der Waals surface area contributed by atoms with Gasteiger partial charge in [-0.15, -0.1) is 0 Å². The highest BCUT2D eigenvalue weighted by Crippen LogP contribution is 2.45. The number of rotatable bonds is 1. The lowest BCUT2D eigenvalue weighted by Gasteiger charge is -2.37. The lowest BCUT2D eigenvalue weighted by molar-refractivity contribution is 0.0977. The smallest absolute Gasteiger partial charge is 0.258 e. The fourth-order valence-corrected chi connectivity index (χ4v) is 3.45. The number of nitrogens with zero attached hydrogens (tertiary/aromatic N) is 1. The van der Waals surface area contributed by atoms with Crippen molar-refractivity contribution < 1.29 is 14.3 Å². The maximum atomic E-state index is 13.8. The van der Waals surface area contributed by atoms with E-state index in [2.05, 4.69) is 0 Å². The van der Waals surface area contributed by atoms with Crippen LogP contribution in [-0.2, 0) is 0 Å². The molecule has 0 aliphatic carbocycles. The Balaban J connectivity index is 1.90. The van der Waals surface area contributed by atoms with Gasteiger partial charge >= 0.3 is 0 Å². The Bertz CT molecular complexity index is 983. The Hall–Kier alpha value is -3.14. The van der Waals surface area contributed by atoms with E-state index in [1.54, 1.807) is 23.1 Å². The number of fused-ring (bicyclic) bond motifs is 3. The van der Waals surface area contributed by atoms with Gasteiger partial charge in [0, 0.05) is 11.1 Å². The number of hydrogen-bond acceptors (Lipinski definition) is 2. The average Bonchev–Trinajstić information content (AvgIpc) is 2.62. The first-order chi connectivity index (χ1) is 12.1. The van der Waals surface area contributed by atoms with Crippen molar-refractivity contribution in [2.45, 2.75) is 13.0 Å². The number of amides is 1. The standard InChI is InChI=1S/C21H16FNO2/c1-13-19-12-15(22)9-10-17(19)18-7-2-3-8-20(18)23(13)21(25)14-5-4-6-16(24)11-14/h2-13,24H,1H3/t13-/m0/s1. The first-order valence-electron chi connectivity index (χ1n) is 8.07. The molecule has 0 aromatic heterocycles. The molecule has 3 aromatic rings. The molecule has 0 radical (unpaired) electrons. The van der Waals surface area contributed by atoms with Gasteiger partial charge in [0.1, 0.15) is 11.6 Å². The number of carbonyl (C=O) groups is 1. The molecule has 4 heteroatoms. The molecule has 0 spiro atoms. The van der Waals surface area contributed by atoms with Crippen molar-refractivity contribution in [1.82, 2.24) is 0 Å². The molecule has 1 atom stereocenters. The zero-order valence-electron chi connectivity index (χ0n) is 13.6. The summed E-state index contributed by atoms with van der Waals surface area (Å²) in [6.07, 6.45) is 0. The monoisotopic (exact) mass is 333 g/mol. The minimum absolute atomic E-state index is 0.0373. The molecular weight excluding hydrogens is 317 g/mol. The Morgan fingerprint density at radius 1 is 1.00 bits per heavy atom. The Kier molecular flexibility index (Phi) is 3.53. The van der Waals surface area contributed by atoms with Crippen LogP contribution in [-0.4, -0.2) is 11.0 Å². The molecule has 1 aliphatic heterocycles. The fourth-order valence-electron chi connectivity index (χ4n) is 3.45. The van der Waals surface area contributed by atoms with Crippen LogP contribution in [0, 0.1) is 5.82 Å². The number of carbonyl (C=O) groups excluding carboxylic acids is 1. The highest BCUT2D eigenvalue weighted by molar-refractivity contribution is 6.10. The van der Waals surface area contributed by atoms with Gasteiger partial charge < -0.3 is 10.0 Å². The van der Waals surface area contributed by atoms with E-state index in [1.165, 1.54) is 24.3 Å². The van der Waals surface area contributed by atoms with E-state index >= 15 is 0 Å². The van der Waals surface area contributed by atoms with E-state index in [-0.39, 0.29) is 23.5 Å². The van der Waals surface area contributed by atoms with Crippen molar-refractivity contribution in [3.63, 3.8) is 0 Å². The van der Waals surface area contributed by atoms with E-state index in [0.717, 1.165) is 22.4 Å². The summed E-state index contributed by atoms with van der Waals surface area (Å²) in [6, 6.07) is 18.2. The summed E-state index contributed by atoms with van der Waals surface area (Å²) in [7, 11) is 0. The molecule has 25 heavy (non-hydrogen) atoms. The molecule has 0 saturated carbocycles. The van der Waals surface area contributed by atoms with Crippen molar-refractivity contribution in [2.75, 3.05) is 4.90 Å². The number of aromatic hydroxyl groups is 1. The molecule has 4 rings (SSSR count). The van der Waals surface area contributed by atoms with E-state index in [1.807, 2.05) is 31.2 Å². The van der Waals surface area contributed by atoms with Crippen molar-refractivity contribution in [3.8, 4) is 16.9 Å². The van der Waals surface area contributed by atoms with Gasteiger partial charge in [-0.3, -0.25) is 4.79 Å². The zero-order chi connectivity index (χ0) is 17.6. The van der Waals surface area contributed by atoms with Crippen LogP contribution in [0.3, 0.4) is 0 Å². The van der Waals surface area contributed by atoms with Gasteiger partial charge in [0.05, 0.1) is 11.7 Å². The molecule has 0 saturated heterocycles. The van der Waals surface area contributed by atoms with Gasteiger partial charge in [-0.1, -0.05) is 30.3 Å². The van der Waals surface area contributed by atoms with Crippen molar-refractivity contribution in [2.24, 2.45) is 0 Å². The van der Waals surface area contributed by atoms with Gasteiger partial charge in [-0.05, 0) is 54.4 Å². The summed E-state index contributed by atoms with van der Waals surface area (Å²) >= 11 is 0. The first-order valence-corrected chi connectivity index (χ1v) is 8.07. The first kappa shape index (κ1) is 15.4. The Labute approximate surface area is 145 Å². The van der Waals surface area contributed by atoms with Crippen LogP contribution in [0.1, 0.15) is 28.9 Å². The molecule has 3 nitrogen and oxygen atoms in total. The molecule has 124 valence electrons. The van der Waals surface area contributed by atoms with Crippen molar-refractivity contribution in [1.29, 1.82) is 0 Å². The highest BCUT2D eigenvalue weighted by Gasteiger charge is 2.32. The highest BCUT2D eigenvalue weighted by atomic mass is 19.1. The predicted molar refractivity (Wildman–Crippen MR) is 95.2 cm³/mol. The molecular formula is C21H16FNO2. The van der Waals surface area contributed by atoms with Crippen LogP contribution in [0.15, 0.2) is 66.7 Å². The second-order valence-electron chi connectivity index (χ2n) is 6.15. The summed E-state index contributed by atoms with van der Waals surface area (Å²) < 4.78 is 13.8. The van der Waals surface area contributed by atoms with Crippen LogP contribution < -0.4 is 4.90 Å². The SMILES string of the molecule is C[C@H]1c2cc(F)ccc2-c2ccccc2N1C(=O)c1cccc(O)c1. The number of hydrogen-bond donors (Lipinski definition) is 1. The molecule has 0 fully saturated rings. The molecule has 1 N–H and O–H groups in total. The number of anilines is 1. The summed E-state index contributed by atoms with van der Waals surface area (Å²) in [5.74, 6) is -0.518. The van der Waals surface area contributed by atoms with Gasteiger partial charge in [0.2, 0.25) is 0 Å². The summed E-state index contributed by atoms with van der Waals surface area (Å²) in [4.78, 5) is 14.8. The predicted octanol–water partition coefficient (Wildman–Crippen LogP) is 4.92. The van der Waals surface area contributed by atoms with Gasteiger partial charge in [-0.25, -0.2) is 4.39 Å². The van der Waals surface area contributed by atoms with Crippen LogP contribution in [0.4, 0.5) is 10.1 Å². The second-order valence-corrected chi connectivity index (χ2v) is 6.15. The van der Waals surface area contributed by atoms with Crippen molar-refractivity contribution in [3.05, 3.63) is 83.7 Å². The molecule has 0 unspecified atom stereocenters. The molecule has 1 heterocycles. The van der Waals surface area contributed by atoms with Crippen LogP contribution >= 0.6 is 0 Å². The lowest BCUT2D eigenvalue weighted by Crippen LogP contribution is -2.36.